The van der Waals surface area contributed by atoms with Crippen LogP contribution in [0.25, 0.3) is 0 Å². The molecule has 87 heavy (non-hydrogen) atoms. The first kappa shape index (κ1) is 92.1. The first-order valence-electron chi connectivity index (χ1n) is 29.6. The molecule has 0 saturated heterocycles. The molecule has 0 aromatic heterocycles. The molecule has 26 nitrogen and oxygen atoms in total. The Labute approximate surface area is 548 Å². The maximum Gasteiger partial charge on any atom is 2.00 e. The summed E-state index contributed by atoms with van der Waals surface area (Å²) in [7, 11) is 13.0. The van der Waals surface area contributed by atoms with Crippen LogP contribution in [0.5, 0.6) is 0 Å². The number of rotatable bonds is 20. The Morgan fingerprint density at radius 3 is 1.21 bits per heavy atom. The molecule has 3 aliphatic rings. The van der Waals surface area contributed by atoms with Gasteiger partial charge in [0.05, 0.1) is 37.5 Å². The van der Waals surface area contributed by atoms with Crippen molar-refractivity contribution in [2.75, 3.05) is 88.8 Å². The van der Waals surface area contributed by atoms with Gasteiger partial charge in [0.1, 0.15) is 35.1 Å². The van der Waals surface area contributed by atoms with E-state index in [4.69, 9.17) is 40.0 Å². The number of carbonyl (C=O) groups is 7. The number of hydrogen-bond acceptors (Lipinski definition) is 20. The van der Waals surface area contributed by atoms with Crippen LogP contribution in [0.2, 0.25) is 0 Å². The Bertz CT molecular complexity index is 1860. The molecule has 7 atom stereocenters. The Morgan fingerprint density at radius 1 is 0.552 bits per heavy atom. The number of aliphatic hydroxyl groups is 4. The summed E-state index contributed by atoms with van der Waals surface area (Å²) in [5, 5.41) is 58.7. The molecule has 0 heterocycles. The molecule has 5 amide bonds. The normalized spacial score (nSPS) is 16.6. The Kier molecular flexibility index (Phi) is 51.1. The second kappa shape index (κ2) is 48.2. The summed E-state index contributed by atoms with van der Waals surface area (Å²) in [5.41, 5.74) is 3.51. The van der Waals surface area contributed by atoms with Gasteiger partial charge >= 0.3 is 59.4 Å². The van der Waals surface area contributed by atoms with Crippen LogP contribution in [0.1, 0.15) is 167 Å². The van der Waals surface area contributed by atoms with Crippen LogP contribution in [0.15, 0.2) is 0 Å². The van der Waals surface area contributed by atoms with Crippen molar-refractivity contribution in [2.45, 2.75) is 232 Å². The molecular weight excluding hydrogens is 1210 g/mol. The molecule has 0 radical (unpaired) electrons. The van der Waals surface area contributed by atoms with Crippen molar-refractivity contribution in [3.8, 4) is 0 Å². The maximum absolute atomic E-state index is 11.9. The van der Waals surface area contributed by atoms with E-state index in [1.807, 2.05) is 83.1 Å². The quantitative estimate of drug-likeness (QED) is 0.0355. The van der Waals surface area contributed by atoms with Crippen LogP contribution in [-0.2, 0) is 38.1 Å². The number of esters is 1. The standard InChI is InChI=1S/C15H30N2O3.C11H20N2O5.C10H22N2O3.C10H22N2O.C8H15NO5.C5H9.BrH.Mg/c1-15(2,3)20-14(19)16-12(10-17(4)5)13(18)11-8-6-7-9-11;1-7(14)17-6-8(9(15)12-5)13-10(16)18-11(2,3)4;1-10(2,3)15-9(14)11-8(7-13)6-12(4)5;1-12(2)7-9(11)10(13)8-5-3-4-6-8;1-8(2,3)14-7(13)9-5(4-10)6(11)12;1-2-4-5-3-1;;/h11-13,18H,6-10H2,1-5H3,(H,16,19);8H,6H2,1-5H3,(H,12,15)(H,13,16);8,13H,6-7H2,1-5H3,(H,11,14);8-10,13H,3-7,11H2,1-2H3;5,10H,4H2,1-3H3,(H,9,13)(H,11,12);1H,2-5H2;1H;/q;;;;;-1;;+2/p-1/t12?,13-;2*8-;9-,10-;5-;;;/m10110.../s1. The molecule has 510 valence electrons. The van der Waals surface area contributed by atoms with Crippen LogP contribution in [0.3, 0.4) is 0 Å². The molecule has 12 N–H and O–H groups in total. The number of amides is 5. The number of carboxylic acids is 1. The van der Waals surface area contributed by atoms with E-state index in [9.17, 15) is 43.8 Å². The van der Waals surface area contributed by atoms with Gasteiger partial charge in [-0.1, -0.05) is 38.5 Å². The summed E-state index contributed by atoms with van der Waals surface area (Å²) in [6.07, 6.45) is 13.9. The predicted octanol–water partition coefficient (Wildman–Crippen LogP) is 1.39. The van der Waals surface area contributed by atoms with Gasteiger partial charge in [-0.2, -0.15) is 12.8 Å². The summed E-state index contributed by atoms with van der Waals surface area (Å²) in [4.78, 5) is 84.2. The summed E-state index contributed by atoms with van der Waals surface area (Å²) in [5.74, 6) is -1.57. The topological polar surface area (TPSA) is 363 Å². The summed E-state index contributed by atoms with van der Waals surface area (Å²) < 4.78 is 24.8. The SMILES string of the molecule is CC(C)(C)OC(=O)N[C@@H](CO)C(=O)O.CN(C)CC(NC(=O)OC(C)(C)C)[C@H](O)C1CCCC1.CN(C)C[C@@H](N)[C@H](O)C1CCCC1.CN(C)C[C@H](CO)NC(=O)OC(C)(C)C.CNC(=O)[C@H](COC(C)=O)NC(=O)OC(C)(C)C.[Br-].[CH-]1CCCC1.[Mg+2]. The van der Waals surface area contributed by atoms with E-state index in [1.165, 1.54) is 65.3 Å². The minimum Gasteiger partial charge on any atom is -1.00 e. The van der Waals surface area contributed by atoms with Crippen LogP contribution in [0.4, 0.5) is 19.2 Å². The number of ether oxygens (including phenoxy) is 5. The van der Waals surface area contributed by atoms with Crippen LogP contribution in [0, 0.1) is 18.3 Å². The molecule has 3 rings (SSSR count). The summed E-state index contributed by atoms with van der Waals surface area (Å²) in [6.45, 7) is 23.1. The van der Waals surface area contributed by atoms with E-state index in [0.717, 1.165) is 32.2 Å². The number of nitrogens with two attached hydrogens (primary N) is 1. The monoisotopic (exact) mass is 1330 g/mol. The zero-order valence-electron chi connectivity index (χ0n) is 56.6. The molecule has 0 aromatic rings. The average Bonchev–Trinajstić information content (AvgIpc) is 4.43. The number of aliphatic hydroxyl groups excluding tert-OH is 4. The van der Waals surface area contributed by atoms with Gasteiger partial charge in [-0.05, 0) is 163 Å². The van der Waals surface area contributed by atoms with Crippen molar-refractivity contribution in [1.82, 2.24) is 41.3 Å². The Morgan fingerprint density at radius 2 is 0.908 bits per heavy atom. The molecule has 0 spiro atoms. The van der Waals surface area contributed by atoms with Gasteiger partial charge in [0.2, 0.25) is 5.91 Å². The third-order valence-corrected chi connectivity index (χ3v) is 11.9. The largest absolute Gasteiger partial charge is 2.00 e. The van der Waals surface area contributed by atoms with Gasteiger partial charge in [-0.25, -0.2) is 24.0 Å². The fourth-order valence-electron chi connectivity index (χ4n) is 8.33. The van der Waals surface area contributed by atoms with Gasteiger partial charge in [-0.15, -0.1) is 0 Å². The third-order valence-electron chi connectivity index (χ3n) is 11.9. The Balaban J connectivity index is -0.000000315. The summed E-state index contributed by atoms with van der Waals surface area (Å²) in [6, 6.07) is -2.98. The molecular formula is C59H118BrMgN9O17. The van der Waals surface area contributed by atoms with E-state index >= 15 is 0 Å². The van der Waals surface area contributed by atoms with Crippen LogP contribution in [-0.4, -0.2) is 259 Å². The number of likely N-dealkylation sites (N-methyl/N-ethyl adjacent to an activating group) is 4. The van der Waals surface area contributed by atoms with Crippen molar-refractivity contribution >= 4 is 65.3 Å². The third kappa shape index (κ3) is 55.0. The zero-order chi connectivity index (χ0) is 66.5. The molecule has 3 saturated carbocycles. The molecule has 28 heteroatoms. The number of carbonyl (C=O) groups excluding carboxylic acids is 6. The molecule has 3 fully saturated rings. The van der Waals surface area contributed by atoms with E-state index in [0.29, 0.717) is 19.0 Å². The van der Waals surface area contributed by atoms with Gasteiger partial charge < -0.3 is 120 Å². The molecule has 3 aliphatic carbocycles. The summed E-state index contributed by atoms with van der Waals surface area (Å²) >= 11 is 0. The fraction of sp³-hybridized carbons (Fsp3) is 0.864. The maximum atomic E-state index is 11.9. The smallest absolute Gasteiger partial charge is 1.00 e. The zero-order valence-corrected chi connectivity index (χ0v) is 59.6. The van der Waals surface area contributed by atoms with Gasteiger partial charge in [0.25, 0.3) is 0 Å². The number of nitrogens with zero attached hydrogens (tertiary/aromatic N) is 3. The van der Waals surface area contributed by atoms with Crippen molar-refractivity contribution in [1.29, 1.82) is 0 Å². The second-order valence-corrected chi connectivity index (χ2v) is 26.2. The van der Waals surface area contributed by atoms with Crippen LogP contribution < -0.4 is 49.3 Å². The van der Waals surface area contributed by atoms with Crippen LogP contribution >= 0.6 is 0 Å². The Hall–Kier alpha value is -3.58. The number of hydrogen-bond donors (Lipinski definition) is 11. The van der Waals surface area contributed by atoms with Gasteiger partial charge in [0, 0.05) is 39.6 Å². The van der Waals surface area contributed by atoms with Crippen molar-refractivity contribution in [2.24, 2.45) is 17.6 Å². The predicted molar refractivity (Wildman–Crippen MR) is 333 cm³/mol. The van der Waals surface area contributed by atoms with E-state index < -0.39 is 89.4 Å². The first-order valence-corrected chi connectivity index (χ1v) is 29.6. The number of aliphatic carboxylic acids is 1. The van der Waals surface area contributed by atoms with E-state index in [1.54, 1.807) is 62.3 Å². The number of alkyl carbamates (subject to hydrolysis) is 4. The van der Waals surface area contributed by atoms with E-state index in [-0.39, 0.29) is 83.4 Å². The van der Waals surface area contributed by atoms with Crippen molar-refractivity contribution in [3.63, 3.8) is 0 Å². The average molecular weight is 1330 g/mol. The second-order valence-electron chi connectivity index (χ2n) is 26.2. The molecule has 1 unspecified atom stereocenters. The molecule has 0 aliphatic heterocycles. The molecule has 0 aromatic carbocycles. The first-order chi connectivity index (χ1) is 39.0. The van der Waals surface area contributed by atoms with Crippen molar-refractivity contribution in [3.05, 3.63) is 6.42 Å². The number of halogens is 1. The fourth-order valence-corrected chi connectivity index (χ4v) is 8.33. The van der Waals surface area contributed by atoms with Gasteiger partial charge in [-0.3, -0.25) is 9.59 Å². The van der Waals surface area contributed by atoms with Gasteiger partial charge in [0.15, 0.2) is 6.04 Å². The van der Waals surface area contributed by atoms with Crippen molar-refractivity contribution < 1.29 is 99.8 Å². The minimum absolute atomic E-state index is 0. The minimum atomic E-state index is -1.33. The number of nitrogens with one attached hydrogen (secondary N) is 5. The molecule has 0 bridgehead atoms. The van der Waals surface area contributed by atoms with E-state index in [2.05, 4.69) is 32.4 Å². The number of carboxylic acid groups (broad SMARTS) is 1.